The van der Waals surface area contributed by atoms with Crippen molar-refractivity contribution in [2.45, 2.75) is 70.1 Å². The largest absolute Gasteiger partial charge is 0.474 e. The van der Waals surface area contributed by atoms with Crippen molar-refractivity contribution in [3.05, 3.63) is 52.3 Å². The maximum atomic E-state index is 13.1. The number of alkyl halides is 2. The number of amides is 1. The lowest BCUT2D eigenvalue weighted by Gasteiger charge is -2.51. The normalized spacial score (nSPS) is 23.9. The van der Waals surface area contributed by atoms with Gasteiger partial charge in [0.1, 0.15) is 11.3 Å². The van der Waals surface area contributed by atoms with Gasteiger partial charge in [-0.1, -0.05) is 0 Å². The number of pyridine rings is 1. The monoisotopic (exact) mass is 487 g/mol. The summed E-state index contributed by atoms with van der Waals surface area (Å²) in [6.45, 7) is 3.29. The lowest BCUT2D eigenvalue weighted by molar-refractivity contribution is -0.146. The van der Waals surface area contributed by atoms with E-state index in [4.69, 9.17) is 14.5 Å². The number of hydrogen-bond acceptors (Lipinski definition) is 6. The van der Waals surface area contributed by atoms with Crippen LogP contribution in [0.1, 0.15) is 69.1 Å². The zero-order valence-corrected chi connectivity index (χ0v) is 19.8. The highest BCUT2D eigenvalue weighted by Gasteiger charge is 2.49. The fourth-order valence-electron chi connectivity index (χ4n) is 4.77. The van der Waals surface area contributed by atoms with Gasteiger partial charge in [0.25, 0.3) is 11.5 Å². The molecule has 0 aromatic carbocycles. The number of fused-ring (bicyclic) bond motifs is 4. The number of ether oxygens (including phenoxy) is 2. The lowest BCUT2D eigenvalue weighted by atomic mass is 9.65. The summed E-state index contributed by atoms with van der Waals surface area (Å²) in [4.78, 5) is 34.7. The van der Waals surface area contributed by atoms with Crippen LogP contribution in [0.25, 0.3) is 5.78 Å². The van der Waals surface area contributed by atoms with Gasteiger partial charge in [-0.25, -0.2) is 4.98 Å². The maximum absolute atomic E-state index is 13.1. The molecule has 0 unspecified atom stereocenters. The molecular weight excluding hydrogens is 460 g/mol. The van der Waals surface area contributed by atoms with Crippen molar-refractivity contribution in [3.63, 3.8) is 0 Å². The Bertz CT molecular complexity index is 1320. The van der Waals surface area contributed by atoms with Crippen LogP contribution < -0.4 is 15.6 Å². The predicted octanol–water partition coefficient (Wildman–Crippen LogP) is 3.93. The maximum Gasteiger partial charge on any atom is 0.321 e. The summed E-state index contributed by atoms with van der Waals surface area (Å²) in [5.74, 6) is -0.289. The van der Waals surface area contributed by atoms with Gasteiger partial charge in [-0.3, -0.25) is 18.6 Å². The van der Waals surface area contributed by atoms with E-state index in [-0.39, 0.29) is 38.8 Å². The molecule has 0 radical (unpaired) electrons. The van der Waals surface area contributed by atoms with E-state index in [1.54, 1.807) is 18.2 Å². The summed E-state index contributed by atoms with van der Waals surface area (Å²) in [6, 6.07) is 2.53. The lowest BCUT2D eigenvalue weighted by Crippen LogP contribution is -2.51. The van der Waals surface area contributed by atoms with Gasteiger partial charge >= 0.3 is 6.55 Å². The Morgan fingerprint density at radius 3 is 2.57 bits per heavy atom. The van der Waals surface area contributed by atoms with E-state index >= 15 is 0 Å². The van der Waals surface area contributed by atoms with Crippen molar-refractivity contribution < 1.29 is 23.0 Å². The van der Waals surface area contributed by atoms with E-state index in [0.29, 0.717) is 12.4 Å². The Labute approximate surface area is 200 Å². The van der Waals surface area contributed by atoms with Crippen molar-refractivity contribution in [3.8, 4) is 5.88 Å². The van der Waals surface area contributed by atoms with Crippen molar-refractivity contribution in [2.24, 2.45) is 0 Å². The SMILES string of the molecule is CC(C)Oc1nc2nc(C34CCC(C)(CC3)OC4)cn2cc1C(=O)Nc1cccn(C(F)F)c1=O. The van der Waals surface area contributed by atoms with Crippen LogP contribution in [0, 0.1) is 0 Å². The average Bonchev–Trinajstić information content (AvgIpc) is 3.24. The number of carbonyl (C=O) groups is 1. The highest BCUT2D eigenvalue weighted by molar-refractivity contribution is 6.05. The van der Waals surface area contributed by atoms with Crippen LogP contribution in [-0.4, -0.2) is 43.2 Å². The average molecular weight is 488 g/mol. The topological polar surface area (TPSA) is 99.8 Å². The Kier molecular flexibility index (Phi) is 5.62. The number of carbonyl (C=O) groups excluding carboxylic acids is 1. The molecule has 6 rings (SSSR count). The summed E-state index contributed by atoms with van der Waals surface area (Å²) in [7, 11) is 0. The fraction of sp³-hybridized carbons (Fsp3) is 0.500. The van der Waals surface area contributed by atoms with E-state index in [1.807, 2.05) is 6.20 Å². The molecule has 2 bridgehead atoms. The summed E-state index contributed by atoms with van der Waals surface area (Å²) < 4.78 is 40.0. The molecule has 5 heterocycles. The highest BCUT2D eigenvalue weighted by Crippen LogP contribution is 2.49. The molecule has 1 saturated carbocycles. The molecule has 3 fully saturated rings. The Morgan fingerprint density at radius 1 is 1.20 bits per heavy atom. The van der Waals surface area contributed by atoms with Crippen LogP contribution >= 0.6 is 0 Å². The van der Waals surface area contributed by atoms with Crippen molar-refractivity contribution in [1.82, 2.24) is 18.9 Å². The molecule has 1 N–H and O–H groups in total. The third kappa shape index (κ3) is 4.18. The molecule has 2 saturated heterocycles. The standard InChI is InChI=1S/C24H27F2N5O4/c1-14(2)35-19-15(18(32)27-16-5-4-10-31(20(16)33)21(25)26)11-30-12-17(28-22(30)29-19)24-8-6-23(3,7-9-24)34-13-24/h4-5,10-12,14,21H,6-9,13H2,1-3H3,(H,27,32). The molecule has 1 aliphatic carbocycles. The van der Waals surface area contributed by atoms with Crippen molar-refractivity contribution in [1.29, 1.82) is 0 Å². The molecule has 2 aliphatic heterocycles. The van der Waals surface area contributed by atoms with Gasteiger partial charge in [0.15, 0.2) is 0 Å². The van der Waals surface area contributed by atoms with Gasteiger partial charge < -0.3 is 14.8 Å². The fourth-order valence-corrected chi connectivity index (χ4v) is 4.77. The predicted molar refractivity (Wildman–Crippen MR) is 123 cm³/mol. The second-order valence-corrected chi connectivity index (χ2v) is 9.84. The van der Waals surface area contributed by atoms with Crippen molar-refractivity contribution in [2.75, 3.05) is 11.9 Å². The number of imidazole rings is 1. The van der Waals surface area contributed by atoms with E-state index < -0.39 is 18.0 Å². The minimum atomic E-state index is -3.03. The minimum Gasteiger partial charge on any atom is -0.474 e. The number of hydrogen-bond donors (Lipinski definition) is 1. The molecule has 0 spiro atoms. The van der Waals surface area contributed by atoms with Crippen LogP contribution in [0.4, 0.5) is 14.5 Å². The molecule has 3 aromatic heterocycles. The molecule has 35 heavy (non-hydrogen) atoms. The van der Waals surface area contributed by atoms with Crippen molar-refractivity contribution >= 4 is 17.4 Å². The van der Waals surface area contributed by atoms with Crippen LogP contribution in [-0.2, 0) is 10.2 Å². The Hall–Kier alpha value is -3.34. The van der Waals surface area contributed by atoms with Crippen LogP contribution in [0.3, 0.4) is 0 Å². The first kappa shape index (κ1) is 23.4. The molecule has 186 valence electrons. The number of nitrogens with zero attached hydrogens (tertiary/aromatic N) is 4. The third-order valence-corrected chi connectivity index (χ3v) is 6.94. The summed E-state index contributed by atoms with van der Waals surface area (Å²) in [6.07, 6.45) is 7.88. The van der Waals surface area contributed by atoms with Crippen LogP contribution in [0.5, 0.6) is 5.88 Å². The molecule has 1 amide bonds. The number of anilines is 1. The third-order valence-electron chi connectivity index (χ3n) is 6.94. The molecule has 3 aromatic rings. The molecule has 11 heteroatoms. The highest BCUT2D eigenvalue weighted by atomic mass is 19.3. The Balaban J connectivity index is 1.51. The smallest absolute Gasteiger partial charge is 0.321 e. The van der Waals surface area contributed by atoms with Gasteiger partial charge in [0, 0.05) is 24.0 Å². The number of aromatic nitrogens is 4. The molecule has 3 aliphatic rings. The van der Waals surface area contributed by atoms with E-state index in [0.717, 1.165) is 37.6 Å². The first-order valence-electron chi connectivity index (χ1n) is 11.6. The minimum absolute atomic E-state index is 0.0425. The second-order valence-electron chi connectivity index (χ2n) is 9.84. The molecule has 0 atom stereocenters. The van der Waals surface area contributed by atoms with Gasteiger partial charge in [0.05, 0.1) is 24.0 Å². The zero-order valence-electron chi connectivity index (χ0n) is 19.8. The number of halogens is 2. The summed E-state index contributed by atoms with van der Waals surface area (Å²) >= 11 is 0. The second kappa shape index (κ2) is 8.40. The molecular formula is C24H27F2N5O4. The van der Waals surface area contributed by atoms with Gasteiger partial charge in [-0.15, -0.1) is 0 Å². The quantitative estimate of drug-likeness (QED) is 0.566. The van der Waals surface area contributed by atoms with E-state index in [9.17, 15) is 18.4 Å². The summed E-state index contributed by atoms with van der Waals surface area (Å²) in [5.41, 5.74) is -0.649. The number of nitrogens with one attached hydrogen (secondary N) is 1. The number of rotatable bonds is 6. The van der Waals surface area contributed by atoms with E-state index in [1.165, 1.54) is 18.3 Å². The Morgan fingerprint density at radius 2 is 1.94 bits per heavy atom. The first-order valence-corrected chi connectivity index (χ1v) is 11.6. The molecule has 9 nitrogen and oxygen atoms in total. The van der Waals surface area contributed by atoms with Crippen LogP contribution in [0.15, 0.2) is 35.5 Å². The van der Waals surface area contributed by atoms with Gasteiger partial charge in [0.2, 0.25) is 11.7 Å². The zero-order chi connectivity index (χ0) is 25.0. The van der Waals surface area contributed by atoms with Gasteiger partial charge in [-0.2, -0.15) is 13.8 Å². The first-order chi connectivity index (χ1) is 16.6. The van der Waals surface area contributed by atoms with Gasteiger partial charge in [-0.05, 0) is 58.6 Å². The van der Waals surface area contributed by atoms with Crippen LogP contribution in [0.2, 0.25) is 0 Å². The summed E-state index contributed by atoms with van der Waals surface area (Å²) in [5, 5.41) is 2.42. The van der Waals surface area contributed by atoms with E-state index in [2.05, 4.69) is 17.2 Å².